The number of aromatic nitrogens is 2. The van der Waals surface area contributed by atoms with Crippen LogP contribution >= 0.6 is 15.9 Å². The van der Waals surface area contributed by atoms with Crippen molar-refractivity contribution in [3.63, 3.8) is 0 Å². The molecule has 20 heavy (non-hydrogen) atoms. The van der Waals surface area contributed by atoms with Crippen LogP contribution in [-0.4, -0.2) is 41.2 Å². The van der Waals surface area contributed by atoms with E-state index in [-0.39, 0.29) is 0 Å². The van der Waals surface area contributed by atoms with E-state index in [2.05, 4.69) is 36.3 Å². The second-order valence-electron chi connectivity index (χ2n) is 4.95. The monoisotopic (exact) mass is 336 g/mol. The highest BCUT2D eigenvalue weighted by molar-refractivity contribution is 9.10. The quantitative estimate of drug-likeness (QED) is 0.931. The van der Waals surface area contributed by atoms with E-state index < -0.39 is 0 Å². The molecule has 0 bridgehead atoms. The molecule has 0 radical (unpaired) electrons. The van der Waals surface area contributed by atoms with Crippen molar-refractivity contribution in [3.8, 4) is 11.5 Å². The maximum atomic E-state index is 5.40. The Hall–Kier alpha value is -1.24. The molecule has 0 saturated carbocycles. The number of halogens is 1. The zero-order valence-electron chi connectivity index (χ0n) is 11.4. The Labute approximate surface area is 126 Å². The lowest BCUT2D eigenvalue weighted by molar-refractivity contribution is 0.225. The Balaban J connectivity index is 1.77. The summed E-state index contributed by atoms with van der Waals surface area (Å²) < 4.78 is 6.46. The minimum Gasteiger partial charge on any atom is -0.334 e. The third-order valence-electron chi connectivity index (χ3n) is 3.54. The molecule has 1 aromatic carbocycles. The summed E-state index contributed by atoms with van der Waals surface area (Å²) in [6, 6.07) is 5.99. The molecule has 1 fully saturated rings. The van der Waals surface area contributed by atoms with Gasteiger partial charge >= 0.3 is 0 Å². The molecule has 0 amide bonds. The second-order valence-corrected chi connectivity index (χ2v) is 5.81. The molecule has 0 spiro atoms. The molecule has 0 atom stereocenters. The van der Waals surface area contributed by atoms with Crippen LogP contribution in [0.3, 0.4) is 0 Å². The maximum absolute atomic E-state index is 5.40. The molecule has 2 heterocycles. The summed E-state index contributed by atoms with van der Waals surface area (Å²) >= 11 is 3.52. The number of nitrogens with one attached hydrogen (secondary N) is 1. The Morgan fingerprint density at radius 1 is 1.35 bits per heavy atom. The third-order valence-corrected chi connectivity index (χ3v) is 4.40. The average molecular weight is 337 g/mol. The molecule has 1 aliphatic rings. The van der Waals surface area contributed by atoms with Crippen LogP contribution in [-0.2, 0) is 6.54 Å². The molecule has 2 aromatic rings. The first kappa shape index (κ1) is 13.7. The fourth-order valence-electron chi connectivity index (χ4n) is 2.34. The van der Waals surface area contributed by atoms with E-state index in [1.54, 1.807) is 0 Å². The Morgan fingerprint density at radius 3 is 2.95 bits per heavy atom. The van der Waals surface area contributed by atoms with Crippen molar-refractivity contribution < 1.29 is 4.52 Å². The smallest absolute Gasteiger partial charge is 0.258 e. The van der Waals surface area contributed by atoms with Gasteiger partial charge in [0.05, 0.1) is 6.54 Å². The first-order valence-corrected chi connectivity index (χ1v) is 7.54. The van der Waals surface area contributed by atoms with Gasteiger partial charge in [-0.2, -0.15) is 4.98 Å². The van der Waals surface area contributed by atoms with E-state index in [9.17, 15) is 0 Å². The van der Waals surface area contributed by atoms with Gasteiger partial charge in [-0.15, -0.1) is 0 Å². The highest BCUT2D eigenvalue weighted by Gasteiger charge is 2.16. The molecule has 5 nitrogen and oxygen atoms in total. The first-order chi connectivity index (χ1) is 9.74. The van der Waals surface area contributed by atoms with Gasteiger partial charge in [0.2, 0.25) is 0 Å². The summed E-state index contributed by atoms with van der Waals surface area (Å²) in [7, 11) is 0. The molecule has 0 unspecified atom stereocenters. The molecule has 6 heteroatoms. The van der Waals surface area contributed by atoms with Gasteiger partial charge in [-0.05, 0) is 24.6 Å². The van der Waals surface area contributed by atoms with E-state index in [4.69, 9.17) is 4.52 Å². The minimum atomic E-state index is 0.592. The summed E-state index contributed by atoms with van der Waals surface area (Å²) in [6.07, 6.45) is 0. The van der Waals surface area contributed by atoms with Crippen molar-refractivity contribution in [3.05, 3.63) is 34.1 Å². The third kappa shape index (κ3) is 2.92. The van der Waals surface area contributed by atoms with Crippen LogP contribution < -0.4 is 5.32 Å². The van der Waals surface area contributed by atoms with Crippen LogP contribution in [0, 0.1) is 6.92 Å². The van der Waals surface area contributed by atoms with E-state index in [1.165, 1.54) is 0 Å². The van der Waals surface area contributed by atoms with Gasteiger partial charge < -0.3 is 9.84 Å². The van der Waals surface area contributed by atoms with Crippen molar-refractivity contribution >= 4 is 15.9 Å². The normalized spacial score (nSPS) is 16.5. The molecule has 106 valence electrons. The zero-order valence-corrected chi connectivity index (χ0v) is 13.0. The Bertz CT molecular complexity index is 593. The molecule has 1 saturated heterocycles. The van der Waals surface area contributed by atoms with Gasteiger partial charge in [0.1, 0.15) is 0 Å². The second kappa shape index (κ2) is 6.03. The van der Waals surface area contributed by atoms with Gasteiger partial charge in [-0.25, -0.2) is 0 Å². The number of rotatable bonds is 3. The Morgan fingerprint density at radius 2 is 2.15 bits per heavy atom. The number of benzene rings is 1. The van der Waals surface area contributed by atoms with E-state index in [1.807, 2.05) is 25.1 Å². The number of piperazine rings is 1. The highest BCUT2D eigenvalue weighted by Crippen LogP contribution is 2.27. The Kier molecular flexibility index (Phi) is 4.14. The van der Waals surface area contributed by atoms with Gasteiger partial charge in [0, 0.05) is 36.2 Å². The van der Waals surface area contributed by atoms with E-state index in [0.717, 1.165) is 54.1 Å². The summed E-state index contributed by atoms with van der Waals surface area (Å²) in [4.78, 5) is 6.85. The van der Waals surface area contributed by atoms with Crippen LogP contribution in [0.1, 0.15) is 11.4 Å². The summed E-state index contributed by atoms with van der Waals surface area (Å²) in [5.74, 6) is 1.34. The lowest BCUT2D eigenvalue weighted by Crippen LogP contribution is -2.43. The van der Waals surface area contributed by atoms with Crippen LogP contribution in [0.5, 0.6) is 0 Å². The van der Waals surface area contributed by atoms with Gasteiger partial charge in [-0.3, -0.25) is 4.90 Å². The fourth-order valence-corrected chi connectivity index (χ4v) is 2.70. The minimum absolute atomic E-state index is 0.592. The van der Waals surface area contributed by atoms with Crippen molar-refractivity contribution in [2.75, 3.05) is 26.2 Å². The lowest BCUT2D eigenvalue weighted by Gasteiger charge is -2.25. The predicted octanol–water partition coefficient (Wildman–Crippen LogP) is 2.21. The maximum Gasteiger partial charge on any atom is 0.258 e. The molecular formula is C14H17BrN4O. The van der Waals surface area contributed by atoms with Crippen molar-refractivity contribution in [2.24, 2.45) is 0 Å². The van der Waals surface area contributed by atoms with Crippen LogP contribution in [0.15, 0.2) is 27.2 Å². The van der Waals surface area contributed by atoms with Gasteiger partial charge in [-0.1, -0.05) is 27.2 Å². The fraction of sp³-hybridized carbons (Fsp3) is 0.429. The van der Waals surface area contributed by atoms with Crippen LogP contribution in [0.2, 0.25) is 0 Å². The van der Waals surface area contributed by atoms with Crippen molar-refractivity contribution in [1.82, 2.24) is 20.4 Å². The van der Waals surface area contributed by atoms with Crippen LogP contribution in [0.25, 0.3) is 11.5 Å². The first-order valence-electron chi connectivity index (χ1n) is 6.75. The van der Waals surface area contributed by atoms with Gasteiger partial charge in [0.15, 0.2) is 5.82 Å². The molecular weight excluding hydrogens is 320 g/mol. The van der Waals surface area contributed by atoms with E-state index >= 15 is 0 Å². The number of nitrogens with zero attached hydrogens (tertiary/aromatic N) is 3. The summed E-state index contributed by atoms with van der Waals surface area (Å²) in [6.45, 7) is 6.89. The molecule has 1 N–H and O–H groups in total. The predicted molar refractivity (Wildman–Crippen MR) is 80.3 cm³/mol. The van der Waals surface area contributed by atoms with E-state index in [0.29, 0.717) is 5.89 Å². The lowest BCUT2D eigenvalue weighted by atomic mass is 10.1. The van der Waals surface area contributed by atoms with Crippen molar-refractivity contribution in [2.45, 2.75) is 13.5 Å². The van der Waals surface area contributed by atoms with Crippen LogP contribution in [0.4, 0.5) is 0 Å². The molecule has 1 aliphatic heterocycles. The largest absolute Gasteiger partial charge is 0.334 e. The topological polar surface area (TPSA) is 54.2 Å². The summed E-state index contributed by atoms with van der Waals surface area (Å²) in [5.41, 5.74) is 2.10. The average Bonchev–Trinajstić information content (AvgIpc) is 2.91. The van der Waals surface area contributed by atoms with Gasteiger partial charge in [0.25, 0.3) is 5.89 Å². The highest BCUT2D eigenvalue weighted by atomic mass is 79.9. The number of hydrogen-bond acceptors (Lipinski definition) is 5. The van der Waals surface area contributed by atoms with Crippen molar-refractivity contribution in [1.29, 1.82) is 0 Å². The number of hydrogen-bond donors (Lipinski definition) is 1. The SMILES string of the molecule is Cc1c(Br)cccc1-c1nc(CN2CCNCC2)no1. The molecule has 1 aromatic heterocycles. The molecule has 0 aliphatic carbocycles. The molecule has 3 rings (SSSR count). The standard InChI is InChI=1S/C14H17BrN4O/c1-10-11(3-2-4-12(10)15)14-17-13(18-20-14)9-19-7-5-16-6-8-19/h2-4,16H,5-9H2,1H3. The summed E-state index contributed by atoms with van der Waals surface area (Å²) in [5, 5.41) is 7.43. The zero-order chi connectivity index (χ0) is 13.9.